The Kier molecular flexibility index (Phi) is 2.80. The summed E-state index contributed by atoms with van der Waals surface area (Å²) >= 11 is 6.18. The van der Waals surface area contributed by atoms with Crippen LogP contribution in [-0.4, -0.2) is 9.97 Å². The molecular formula is C15H13ClN2. The molecule has 0 aliphatic heterocycles. The lowest BCUT2D eigenvalue weighted by molar-refractivity contribution is 1.11. The standard InChI is InChI=1S/C15H13ClN2/c1-2-10-11(7-8-17-15(10)16)13-9-18-14-6-4-3-5-12(13)14/h3-9,18H,2H2,1H3. The summed E-state index contributed by atoms with van der Waals surface area (Å²) in [5, 5.41) is 1.81. The van der Waals surface area contributed by atoms with Gasteiger partial charge in [0.05, 0.1) is 0 Å². The Balaban J connectivity index is 2.30. The molecule has 0 amide bonds. The maximum absolute atomic E-state index is 6.18. The monoisotopic (exact) mass is 256 g/mol. The summed E-state index contributed by atoms with van der Waals surface area (Å²) < 4.78 is 0. The Morgan fingerprint density at radius 2 is 2.00 bits per heavy atom. The lowest BCUT2D eigenvalue weighted by atomic mass is 10.00. The van der Waals surface area contributed by atoms with E-state index in [0.717, 1.165) is 23.1 Å². The average molecular weight is 257 g/mol. The zero-order valence-corrected chi connectivity index (χ0v) is 10.8. The highest BCUT2D eigenvalue weighted by molar-refractivity contribution is 6.30. The molecule has 0 unspecified atom stereocenters. The van der Waals surface area contributed by atoms with Gasteiger partial charge in [-0.3, -0.25) is 0 Å². The molecule has 3 aromatic rings. The Hall–Kier alpha value is -1.80. The maximum atomic E-state index is 6.18. The lowest BCUT2D eigenvalue weighted by Gasteiger charge is -2.08. The minimum absolute atomic E-state index is 0.597. The van der Waals surface area contributed by atoms with Crippen LogP contribution in [0.3, 0.4) is 0 Å². The van der Waals surface area contributed by atoms with Crippen molar-refractivity contribution in [1.29, 1.82) is 0 Å². The molecule has 3 heteroatoms. The van der Waals surface area contributed by atoms with Crippen molar-refractivity contribution in [1.82, 2.24) is 9.97 Å². The van der Waals surface area contributed by atoms with Gasteiger partial charge < -0.3 is 4.98 Å². The fraction of sp³-hybridized carbons (Fsp3) is 0.133. The van der Waals surface area contributed by atoms with E-state index in [1.807, 2.05) is 24.4 Å². The van der Waals surface area contributed by atoms with Crippen molar-refractivity contribution in [3.63, 3.8) is 0 Å². The number of pyridine rings is 1. The van der Waals surface area contributed by atoms with Crippen LogP contribution in [0.25, 0.3) is 22.0 Å². The van der Waals surface area contributed by atoms with Crippen molar-refractivity contribution in [2.75, 3.05) is 0 Å². The Morgan fingerprint density at radius 1 is 1.17 bits per heavy atom. The molecule has 0 saturated carbocycles. The third-order valence-electron chi connectivity index (χ3n) is 3.24. The molecule has 90 valence electrons. The zero-order chi connectivity index (χ0) is 12.5. The summed E-state index contributed by atoms with van der Waals surface area (Å²) in [7, 11) is 0. The summed E-state index contributed by atoms with van der Waals surface area (Å²) in [6.45, 7) is 2.10. The molecular weight excluding hydrogens is 244 g/mol. The fourth-order valence-corrected chi connectivity index (χ4v) is 2.64. The Morgan fingerprint density at radius 3 is 2.83 bits per heavy atom. The molecule has 1 aromatic carbocycles. The number of halogens is 1. The number of nitrogens with one attached hydrogen (secondary N) is 1. The first kappa shape index (κ1) is 11.3. The van der Waals surface area contributed by atoms with Crippen molar-refractivity contribution in [2.24, 2.45) is 0 Å². The highest BCUT2D eigenvalue weighted by Gasteiger charge is 2.11. The van der Waals surface area contributed by atoms with E-state index in [1.54, 1.807) is 6.20 Å². The predicted molar refractivity (Wildman–Crippen MR) is 75.9 cm³/mol. The van der Waals surface area contributed by atoms with Crippen LogP contribution in [0.1, 0.15) is 12.5 Å². The van der Waals surface area contributed by atoms with Crippen LogP contribution in [-0.2, 0) is 6.42 Å². The predicted octanol–water partition coefficient (Wildman–Crippen LogP) is 4.45. The van der Waals surface area contributed by atoms with Gasteiger partial charge in [0.2, 0.25) is 0 Å². The van der Waals surface area contributed by atoms with Crippen LogP contribution in [0.2, 0.25) is 5.15 Å². The number of benzene rings is 1. The van der Waals surface area contributed by atoms with Crippen LogP contribution in [0.5, 0.6) is 0 Å². The van der Waals surface area contributed by atoms with E-state index < -0.39 is 0 Å². The number of rotatable bonds is 2. The molecule has 0 aliphatic carbocycles. The second-order valence-electron chi connectivity index (χ2n) is 4.23. The van der Waals surface area contributed by atoms with Crippen LogP contribution >= 0.6 is 11.6 Å². The van der Waals surface area contributed by atoms with Crippen molar-refractivity contribution in [2.45, 2.75) is 13.3 Å². The van der Waals surface area contributed by atoms with Crippen molar-refractivity contribution in [3.05, 3.63) is 53.4 Å². The first-order valence-corrected chi connectivity index (χ1v) is 6.39. The number of para-hydroxylation sites is 1. The number of fused-ring (bicyclic) bond motifs is 1. The fourth-order valence-electron chi connectivity index (χ4n) is 2.35. The summed E-state index contributed by atoms with van der Waals surface area (Å²) in [5.41, 5.74) is 4.59. The van der Waals surface area contributed by atoms with Crippen LogP contribution in [0, 0.1) is 0 Å². The van der Waals surface area contributed by atoms with Crippen LogP contribution in [0.15, 0.2) is 42.7 Å². The van der Waals surface area contributed by atoms with Crippen molar-refractivity contribution >= 4 is 22.5 Å². The van der Waals surface area contributed by atoms with Gasteiger partial charge >= 0.3 is 0 Å². The van der Waals surface area contributed by atoms with E-state index in [-0.39, 0.29) is 0 Å². The second kappa shape index (κ2) is 4.46. The molecule has 2 nitrogen and oxygen atoms in total. The molecule has 2 aromatic heterocycles. The number of nitrogens with zero attached hydrogens (tertiary/aromatic N) is 1. The number of hydrogen-bond acceptors (Lipinski definition) is 1. The van der Waals surface area contributed by atoms with Gasteiger partial charge in [0, 0.05) is 28.9 Å². The normalized spacial score (nSPS) is 11.0. The molecule has 0 spiro atoms. The van der Waals surface area contributed by atoms with E-state index in [0.29, 0.717) is 5.15 Å². The number of hydrogen-bond donors (Lipinski definition) is 1. The molecule has 0 saturated heterocycles. The van der Waals surface area contributed by atoms with Gasteiger partial charge in [-0.25, -0.2) is 4.98 Å². The van der Waals surface area contributed by atoms with Crippen LogP contribution in [0.4, 0.5) is 0 Å². The SMILES string of the molecule is CCc1c(-c2c[nH]c3ccccc23)ccnc1Cl. The number of aromatic nitrogens is 2. The van der Waals surface area contributed by atoms with E-state index in [2.05, 4.69) is 29.0 Å². The second-order valence-corrected chi connectivity index (χ2v) is 4.59. The van der Waals surface area contributed by atoms with Crippen LogP contribution < -0.4 is 0 Å². The lowest BCUT2D eigenvalue weighted by Crippen LogP contribution is -1.90. The van der Waals surface area contributed by atoms with Gasteiger partial charge in [-0.1, -0.05) is 36.7 Å². The minimum Gasteiger partial charge on any atom is -0.361 e. The highest BCUT2D eigenvalue weighted by Crippen LogP contribution is 2.33. The number of H-pyrrole nitrogens is 1. The molecule has 18 heavy (non-hydrogen) atoms. The highest BCUT2D eigenvalue weighted by atomic mass is 35.5. The molecule has 0 radical (unpaired) electrons. The summed E-state index contributed by atoms with van der Waals surface area (Å²) in [4.78, 5) is 7.45. The Bertz CT molecular complexity index is 701. The van der Waals surface area contributed by atoms with Gasteiger partial charge in [0.15, 0.2) is 0 Å². The van der Waals surface area contributed by atoms with E-state index in [9.17, 15) is 0 Å². The van der Waals surface area contributed by atoms with Gasteiger partial charge in [0.1, 0.15) is 5.15 Å². The third kappa shape index (κ3) is 1.70. The largest absolute Gasteiger partial charge is 0.361 e. The van der Waals surface area contributed by atoms with Gasteiger partial charge in [0.25, 0.3) is 0 Å². The molecule has 0 aliphatic rings. The molecule has 2 heterocycles. The zero-order valence-electron chi connectivity index (χ0n) is 10.1. The summed E-state index contributed by atoms with van der Waals surface area (Å²) in [6.07, 6.45) is 4.68. The molecule has 0 bridgehead atoms. The van der Waals surface area contributed by atoms with Crippen molar-refractivity contribution < 1.29 is 0 Å². The van der Waals surface area contributed by atoms with E-state index >= 15 is 0 Å². The smallest absolute Gasteiger partial charge is 0.132 e. The summed E-state index contributed by atoms with van der Waals surface area (Å²) in [6, 6.07) is 10.3. The third-order valence-corrected chi connectivity index (χ3v) is 3.56. The first-order valence-electron chi connectivity index (χ1n) is 6.01. The molecule has 3 rings (SSSR count). The molecule has 0 atom stereocenters. The van der Waals surface area contributed by atoms with E-state index in [4.69, 9.17) is 11.6 Å². The van der Waals surface area contributed by atoms with Gasteiger partial charge in [-0.15, -0.1) is 0 Å². The minimum atomic E-state index is 0.597. The first-order chi connectivity index (χ1) is 8.81. The summed E-state index contributed by atoms with van der Waals surface area (Å²) in [5.74, 6) is 0. The number of aromatic amines is 1. The molecule has 1 N–H and O–H groups in total. The maximum Gasteiger partial charge on any atom is 0.132 e. The topological polar surface area (TPSA) is 28.7 Å². The van der Waals surface area contributed by atoms with E-state index in [1.165, 1.54) is 10.9 Å². The quantitative estimate of drug-likeness (QED) is 0.675. The average Bonchev–Trinajstić information content (AvgIpc) is 2.82. The van der Waals surface area contributed by atoms with Crippen molar-refractivity contribution in [3.8, 4) is 11.1 Å². The van der Waals surface area contributed by atoms with Gasteiger partial charge in [-0.2, -0.15) is 0 Å². The van der Waals surface area contributed by atoms with Gasteiger partial charge in [-0.05, 0) is 29.7 Å². The molecule has 0 fully saturated rings. The Labute approximate surface area is 111 Å².